The second kappa shape index (κ2) is 5.10. The van der Waals surface area contributed by atoms with E-state index in [1.54, 1.807) is 24.7 Å². The molecule has 0 bridgehead atoms. The van der Waals surface area contributed by atoms with Crippen LogP contribution in [0.2, 0.25) is 0 Å². The Hall–Kier alpha value is -1.73. The Kier molecular flexibility index (Phi) is 3.31. The van der Waals surface area contributed by atoms with Crippen molar-refractivity contribution in [2.24, 2.45) is 0 Å². The van der Waals surface area contributed by atoms with E-state index in [9.17, 15) is 4.79 Å². The molecule has 0 saturated carbocycles. The number of carbonyl (C=O) groups excluding carboxylic acids is 1. The van der Waals surface area contributed by atoms with Gasteiger partial charge in [0.25, 0.3) is 0 Å². The smallest absolute Gasteiger partial charge is 0.241 e. The van der Waals surface area contributed by atoms with Gasteiger partial charge in [0.2, 0.25) is 5.91 Å². The number of amides is 1. The summed E-state index contributed by atoms with van der Waals surface area (Å²) in [5, 5.41) is 6.04. The van der Waals surface area contributed by atoms with Crippen LogP contribution in [0, 0.1) is 0 Å². The molecule has 2 aromatic rings. The van der Waals surface area contributed by atoms with E-state index in [0.717, 1.165) is 11.4 Å². The van der Waals surface area contributed by atoms with Crippen molar-refractivity contribution < 1.29 is 4.79 Å². The number of hydrogen-bond donors (Lipinski definition) is 3. The Morgan fingerprint density at radius 3 is 3.21 bits per heavy atom. The first kappa shape index (κ1) is 12.3. The summed E-state index contributed by atoms with van der Waals surface area (Å²) in [5.74, 6) is -0.0812. The van der Waals surface area contributed by atoms with Crippen LogP contribution in [-0.2, 0) is 17.8 Å². The summed E-state index contributed by atoms with van der Waals surface area (Å²) >= 11 is 3.30. The van der Waals surface area contributed by atoms with Gasteiger partial charge >= 0.3 is 0 Å². The fourth-order valence-corrected chi connectivity index (χ4v) is 2.40. The van der Waals surface area contributed by atoms with Crippen molar-refractivity contribution in [1.29, 1.82) is 0 Å². The van der Waals surface area contributed by atoms with Gasteiger partial charge in [0.15, 0.2) is 0 Å². The van der Waals surface area contributed by atoms with Crippen molar-refractivity contribution in [1.82, 2.24) is 20.3 Å². The van der Waals surface area contributed by atoms with Crippen LogP contribution in [0.3, 0.4) is 0 Å². The minimum absolute atomic E-state index is 0.0812. The van der Waals surface area contributed by atoms with Crippen molar-refractivity contribution >= 4 is 27.5 Å². The Morgan fingerprint density at radius 2 is 2.37 bits per heavy atom. The highest BCUT2D eigenvalue weighted by atomic mass is 79.9. The molecule has 98 valence electrons. The fraction of sp³-hybridized carbons (Fsp3) is 0.250. The highest BCUT2D eigenvalue weighted by Crippen LogP contribution is 2.19. The van der Waals surface area contributed by atoms with E-state index in [-0.39, 0.29) is 11.9 Å². The van der Waals surface area contributed by atoms with Gasteiger partial charge in [0.05, 0.1) is 29.4 Å². The van der Waals surface area contributed by atoms with Crippen LogP contribution in [0.15, 0.2) is 29.3 Å². The predicted octanol–water partition coefficient (Wildman–Crippen LogP) is 1.22. The molecular formula is C12H12BrN5O. The number of nitrogens with one attached hydrogen (secondary N) is 3. The number of rotatable bonds is 2. The maximum absolute atomic E-state index is 12.2. The van der Waals surface area contributed by atoms with Gasteiger partial charge in [0.1, 0.15) is 4.60 Å². The topological polar surface area (TPSA) is 82.7 Å². The number of carbonyl (C=O) groups is 1. The van der Waals surface area contributed by atoms with Gasteiger partial charge in [-0.2, -0.15) is 0 Å². The zero-order valence-corrected chi connectivity index (χ0v) is 11.6. The third-order valence-corrected chi connectivity index (χ3v) is 3.70. The summed E-state index contributed by atoms with van der Waals surface area (Å²) in [6.45, 7) is 0.627. The highest BCUT2D eigenvalue weighted by molar-refractivity contribution is 9.10. The van der Waals surface area contributed by atoms with E-state index in [0.29, 0.717) is 23.3 Å². The number of fused-ring (bicyclic) bond motifs is 1. The second-order valence-electron chi connectivity index (χ2n) is 4.30. The van der Waals surface area contributed by atoms with Crippen LogP contribution in [0.25, 0.3) is 0 Å². The molecule has 7 heteroatoms. The third kappa shape index (κ3) is 2.52. The molecule has 19 heavy (non-hydrogen) atoms. The monoisotopic (exact) mass is 321 g/mol. The summed E-state index contributed by atoms with van der Waals surface area (Å²) in [5.41, 5.74) is 2.66. The number of aromatic amines is 1. The van der Waals surface area contributed by atoms with Gasteiger partial charge in [-0.1, -0.05) is 0 Å². The first-order chi connectivity index (χ1) is 9.24. The number of imidazole rings is 1. The van der Waals surface area contributed by atoms with E-state index in [2.05, 4.69) is 41.5 Å². The normalized spacial score (nSPS) is 17.8. The molecule has 1 unspecified atom stereocenters. The summed E-state index contributed by atoms with van der Waals surface area (Å²) in [6.07, 6.45) is 3.90. The number of halogens is 1. The lowest BCUT2D eigenvalue weighted by Gasteiger charge is -2.22. The van der Waals surface area contributed by atoms with E-state index in [4.69, 9.17) is 0 Å². The molecule has 2 aromatic heterocycles. The van der Waals surface area contributed by atoms with E-state index < -0.39 is 0 Å². The second-order valence-corrected chi connectivity index (χ2v) is 5.05. The zero-order valence-electron chi connectivity index (χ0n) is 9.98. The summed E-state index contributed by atoms with van der Waals surface area (Å²) in [7, 11) is 0. The minimum Gasteiger partial charge on any atom is -0.347 e. The number of hydrogen-bond acceptors (Lipinski definition) is 4. The Labute approximate surface area is 118 Å². The molecule has 0 fully saturated rings. The van der Waals surface area contributed by atoms with Crippen LogP contribution < -0.4 is 10.6 Å². The molecule has 0 aromatic carbocycles. The Bertz CT molecular complexity index is 612. The van der Waals surface area contributed by atoms with Gasteiger partial charge in [-0.3, -0.25) is 10.1 Å². The first-order valence-corrected chi connectivity index (χ1v) is 6.69. The van der Waals surface area contributed by atoms with Crippen molar-refractivity contribution in [3.05, 3.63) is 40.6 Å². The van der Waals surface area contributed by atoms with Crippen LogP contribution >= 0.6 is 15.9 Å². The molecule has 1 aliphatic rings. The molecule has 3 N–H and O–H groups in total. The van der Waals surface area contributed by atoms with E-state index in [1.807, 2.05) is 0 Å². The quantitative estimate of drug-likeness (QED) is 0.726. The van der Waals surface area contributed by atoms with Gasteiger partial charge in [-0.15, -0.1) is 0 Å². The molecule has 0 saturated heterocycles. The first-order valence-electron chi connectivity index (χ1n) is 5.90. The van der Waals surface area contributed by atoms with Gasteiger partial charge in [0, 0.05) is 19.2 Å². The van der Waals surface area contributed by atoms with Crippen molar-refractivity contribution in [3.63, 3.8) is 0 Å². The molecule has 6 nitrogen and oxygen atoms in total. The van der Waals surface area contributed by atoms with Crippen molar-refractivity contribution in [2.45, 2.75) is 19.0 Å². The fourth-order valence-electron chi connectivity index (χ4n) is 2.05. The lowest BCUT2D eigenvalue weighted by atomic mass is 10.0. The maximum Gasteiger partial charge on any atom is 0.241 e. The average Bonchev–Trinajstić information content (AvgIpc) is 2.88. The molecule has 3 heterocycles. The van der Waals surface area contributed by atoms with Crippen molar-refractivity contribution in [3.8, 4) is 0 Å². The maximum atomic E-state index is 12.2. The summed E-state index contributed by atoms with van der Waals surface area (Å²) in [6, 6.07) is 3.31. The summed E-state index contributed by atoms with van der Waals surface area (Å²) < 4.78 is 0.625. The van der Waals surface area contributed by atoms with E-state index >= 15 is 0 Å². The highest BCUT2D eigenvalue weighted by Gasteiger charge is 2.26. The van der Waals surface area contributed by atoms with Crippen LogP contribution in [0.4, 0.5) is 5.69 Å². The molecule has 1 atom stereocenters. The van der Waals surface area contributed by atoms with Crippen LogP contribution in [-0.4, -0.2) is 26.9 Å². The lowest BCUT2D eigenvalue weighted by molar-refractivity contribution is -0.118. The SMILES string of the molecule is O=C(Nc1cccnc1Br)C1Cc2nc[nH]c2CN1. The van der Waals surface area contributed by atoms with Gasteiger partial charge < -0.3 is 10.3 Å². The zero-order chi connectivity index (χ0) is 13.2. The van der Waals surface area contributed by atoms with E-state index in [1.165, 1.54) is 0 Å². The minimum atomic E-state index is -0.275. The lowest BCUT2D eigenvalue weighted by Crippen LogP contribution is -2.44. The van der Waals surface area contributed by atoms with Crippen LogP contribution in [0.5, 0.6) is 0 Å². The number of anilines is 1. The standard InChI is InChI=1S/C12H12BrN5O/c13-11-7(2-1-3-14-11)18-12(19)9-4-8-10(5-15-9)17-6-16-8/h1-3,6,9,15H,4-5H2,(H,16,17)(H,18,19). The summed E-state index contributed by atoms with van der Waals surface area (Å²) in [4.78, 5) is 23.5. The van der Waals surface area contributed by atoms with Gasteiger partial charge in [-0.25, -0.2) is 9.97 Å². The molecule has 0 radical (unpaired) electrons. The Balaban J connectivity index is 1.71. The average molecular weight is 322 g/mol. The number of aromatic nitrogens is 3. The van der Waals surface area contributed by atoms with Crippen LogP contribution in [0.1, 0.15) is 11.4 Å². The molecule has 0 aliphatic carbocycles. The Morgan fingerprint density at radius 1 is 1.47 bits per heavy atom. The number of nitrogens with zero attached hydrogens (tertiary/aromatic N) is 2. The molecular weight excluding hydrogens is 310 g/mol. The number of H-pyrrole nitrogens is 1. The largest absolute Gasteiger partial charge is 0.347 e. The molecule has 3 rings (SSSR count). The molecule has 1 amide bonds. The molecule has 1 aliphatic heterocycles. The van der Waals surface area contributed by atoms with Gasteiger partial charge in [-0.05, 0) is 28.1 Å². The number of pyridine rings is 1. The molecule has 0 spiro atoms. The third-order valence-electron chi connectivity index (χ3n) is 3.06. The van der Waals surface area contributed by atoms with Crippen molar-refractivity contribution in [2.75, 3.05) is 5.32 Å². The predicted molar refractivity (Wildman–Crippen MR) is 73.5 cm³/mol.